The van der Waals surface area contributed by atoms with Gasteiger partial charge in [-0.1, -0.05) is 35.5 Å². The molecule has 0 saturated heterocycles. The van der Waals surface area contributed by atoms with Crippen molar-refractivity contribution >= 4 is 16.2 Å². The number of benzene rings is 1. The molecule has 0 saturated carbocycles. The zero-order valence-corrected chi connectivity index (χ0v) is 13.0. The van der Waals surface area contributed by atoms with E-state index in [4.69, 9.17) is 4.84 Å². The van der Waals surface area contributed by atoms with Crippen LogP contribution in [0, 0.1) is 0 Å². The molecule has 1 N–H and O–H groups in total. The molecule has 0 aliphatic heterocycles. The van der Waals surface area contributed by atoms with E-state index < -0.39 is 14.8 Å². The highest BCUT2D eigenvalue weighted by atomic mass is 32.2. The molecular weight excluding hydrogens is 276 g/mol. The molecule has 6 heteroatoms. The lowest BCUT2D eigenvalue weighted by Gasteiger charge is -2.25. The lowest BCUT2D eigenvalue weighted by molar-refractivity contribution is 0.144. The fourth-order valence-corrected chi connectivity index (χ4v) is 2.87. The summed E-state index contributed by atoms with van der Waals surface area (Å²) in [5.41, 5.74) is 0.763. The van der Waals surface area contributed by atoms with Crippen molar-refractivity contribution in [3.8, 4) is 0 Å². The molecule has 0 amide bonds. The Labute approximate surface area is 121 Å². The maximum absolute atomic E-state index is 12.4. The van der Waals surface area contributed by atoms with Crippen LogP contribution in [0.4, 0.5) is 0 Å². The first-order valence-electron chi connectivity index (χ1n) is 6.56. The number of hydrogen-bond donors (Lipinski definition) is 1. The van der Waals surface area contributed by atoms with Gasteiger partial charge in [-0.05, 0) is 32.8 Å². The van der Waals surface area contributed by atoms with Crippen molar-refractivity contribution in [3.05, 3.63) is 35.9 Å². The molecule has 0 spiro atoms. The summed E-state index contributed by atoms with van der Waals surface area (Å²) in [7, 11) is -3.45. The van der Waals surface area contributed by atoms with Crippen LogP contribution in [-0.2, 0) is 19.6 Å². The number of sulfonamides is 1. The Balaban J connectivity index is 2.59. The van der Waals surface area contributed by atoms with Gasteiger partial charge in [0.25, 0.3) is 0 Å². The van der Waals surface area contributed by atoms with Crippen molar-refractivity contribution in [2.24, 2.45) is 5.16 Å². The Hall–Kier alpha value is -1.40. The molecule has 0 aliphatic carbocycles. The second kappa shape index (κ2) is 7.40. The van der Waals surface area contributed by atoms with Gasteiger partial charge in [0.2, 0.25) is 10.0 Å². The summed E-state index contributed by atoms with van der Waals surface area (Å²) in [4.78, 5) is 4.90. The van der Waals surface area contributed by atoms with E-state index in [9.17, 15) is 8.42 Å². The third kappa shape index (κ3) is 4.31. The van der Waals surface area contributed by atoms with Gasteiger partial charge in [-0.2, -0.15) is 0 Å². The maximum atomic E-state index is 12.4. The Bertz CT molecular complexity index is 525. The average molecular weight is 298 g/mol. The minimum absolute atomic E-state index is 0.331. The number of hydrogen-bond acceptors (Lipinski definition) is 4. The predicted molar refractivity (Wildman–Crippen MR) is 81.1 cm³/mol. The highest BCUT2D eigenvalue weighted by molar-refractivity contribution is 7.90. The van der Waals surface area contributed by atoms with Crippen LogP contribution < -0.4 is 4.72 Å². The van der Waals surface area contributed by atoms with Gasteiger partial charge in [0.1, 0.15) is 11.4 Å². The van der Waals surface area contributed by atoms with Crippen molar-refractivity contribution in [1.82, 2.24) is 4.72 Å². The number of nitrogens with zero attached hydrogens (tertiary/aromatic N) is 1. The topological polar surface area (TPSA) is 67.8 Å². The Morgan fingerprint density at radius 3 is 2.55 bits per heavy atom. The summed E-state index contributed by atoms with van der Waals surface area (Å²) in [6, 6.07) is 9.17. The van der Waals surface area contributed by atoms with Gasteiger partial charge in [-0.15, -0.1) is 0 Å². The highest BCUT2D eigenvalue weighted by Gasteiger charge is 2.35. The highest BCUT2D eigenvalue weighted by Crippen LogP contribution is 2.28. The fraction of sp³-hybridized carbons (Fsp3) is 0.500. The second-order valence-electron chi connectivity index (χ2n) is 4.82. The van der Waals surface area contributed by atoms with Crippen molar-refractivity contribution in [1.29, 1.82) is 0 Å². The van der Waals surface area contributed by atoms with Crippen LogP contribution in [0.15, 0.2) is 35.5 Å². The van der Waals surface area contributed by atoms with Gasteiger partial charge >= 0.3 is 0 Å². The summed E-state index contributed by atoms with van der Waals surface area (Å²) in [5, 5.41) is 3.60. The Morgan fingerprint density at radius 2 is 1.95 bits per heavy atom. The lowest BCUT2D eigenvalue weighted by atomic mass is 10.0. The maximum Gasteiger partial charge on any atom is 0.221 e. The number of rotatable bonds is 8. The average Bonchev–Trinajstić information content (AvgIpc) is 2.43. The molecule has 0 aromatic heterocycles. The quantitative estimate of drug-likeness (QED) is 0.455. The van der Waals surface area contributed by atoms with Crippen molar-refractivity contribution in [3.63, 3.8) is 0 Å². The van der Waals surface area contributed by atoms with Gasteiger partial charge in [0, 0.05) is 12.8 Å². The van der Waals surface area contributed by atoms with Crippen LogP contribution in [0.1, 0.15) is 32.8 Å². The Morgan fingerprint density at radius 1 is 1.30 bits per heavy atom. The SMILES string of the molecule is C/C=N\OCCCNS(=O)(=O)C(C)(C)c1ccccc1. The number of oxime groups is 1. The van der Waals surface area contributed by atoms with E-state index in [1.54, 1.807) is 27.0 Å². The standard InChI is InChI=1S/C14H22N2O3S/c1-4-15-19-12-8-11-16-20(17,18)14(2,3)13-9-6-5-7-10-13/h4-7,9-10,16H,8,11-12H2,1-3H3/b15-4-. The van der Waals surface area contributed by atoms with Crippen molar-refractivity contribution < 1.29 is 13.3 Å². The van der Waals surface area contributed by atoms with E-state index in [0.717, 1.165) is 5.56 Å². The first kappa shape index (κ1) is 16.7. The summed E-state index contributed by atoms with van der Waals surface area (Å²) < 4.78 is 26.4. The summed E-state index contributed by atoms with van der Waals surface area (Å²) in [5.74, 6) is 0. The van der Waals surface area contributed by atoms with Crippen LogP contribution in [0.5, 0.6) is 0 Å². The number of nitrogens with one attached hydrogen (secondary N) is 1. The van der Waals surface area contributed by atoms with E-state index in [0.29, 0.717) is 19.6 Å². The van der Waals surface area contributed by atoms with Gasteiger partial charge in [-0.25, -0.2) is 13.1 Å². The zero-order chi connectivity index (χ0) is 15.1. The first-order chi connectivity index (χ1) is 9.42. The summed E-state index contributed by atoms with van der Waals surface area (Å²) >= 11 is 0. The van der Waals surface area contributed by atoms with Crippen molar-refractivity contribution in [2.45, 2.75) is 31.9 Å². The molecule has 0 radical (unpaired) electrons. The molecule has 0 atom stereocenters. The zero-order valence-electron chi connectivity index (χ0n) is 12.2. The molecule has 1 aromatic carbocycles. The molecule has 1 rings (SSSR count). The van der Waals surface area contributed by atoms with Gasteiger partial charge in [0.05, 0.1) is 0 Å². The molecule has 0 bridgehead atoms. The largest absolute Gasteiger partial charge is 0.396 e. The second-order valence-corrected chi connectivity index (χ2v) is 7.14. The van der Waals surface area contributed by atoms with Gasteiger partial charge < -0.3 is 4.84 Å². The van der Waals surface area contributed by atoms with Crippen molar-refractivity contribution in [2.75, 3.05) is 13.2 Å². The molecule has 0 fully saturated rings. The van der Waals surface area contributed by atoms with Crippen LogP contribution >= 0.6 is 0 Å². The minimum atomic E-state index is -3.45. The molecule has 0 unspecified atom stereocenters. The van der Waals surface area contributed by atoms with Crippen LogP contribution in [0.2, 0.25) is 0 Å². The van der Waals surface area contributed by atoms with Crippen LogP contribution in [0.3, 0.4) is 0 Å². The van der Waals surface area contributed by atoms with Gasteiger partial charge in [-0.3, -0.25) is 0 Å². The van der Waals surface area contributed by atoms with E-state index in [1.807, 2.05) is 30.3 Å². The molecule has 1 aromatic rings. The van der Waals surface area contributed by atoms with E-state index >= 15 is 0 Å². The molecule has 0 heterocycles. The van der Waals surface area contributed by atoms with E-state index in [1.165, 1.54) is 0 Å². The van der Waals surface area contributed by atoms with Gasteiger partial charge in [0.15, 0.2) is 0 Å². The minimum Gasteiger partial charge on any atom is -0.396 e. The molecule has 0 aliphatic rings. The monoisotopic (exact) mass is 298 g/mol. The third-order valence-corrected chi connectivity index (χ3v) is 5.19. The van der Waals surface area contributed by atoms with Crippen LogP contribution in [0.25, 0.3) is 0 Å². The predicted octanol–water partition coefficient (Wildman–Crippen LogP) is 2.25. The molecule has 112 valence electrons. The lowest BCUT2D eigenvalue weighted by Crippen LogP contribution is -2.40. The first-order valence-corrected chi connectivity index (χ1v) is 8.05. The normalized spacial score (nSPS) is 12.8. The summed E-state index contributed by atoms with van der Waals surface area (Å²) in [6.45, 7) is 5.87. The summed E-state index contributed by atoms with van der Waals surface area (Å²) in [6.07, 6.45) is 2.12. The molecular formula is C14H22N2O3S. The Kier molecular flexibility index (Phi) is 6.16. The van der Waals surface area contributed by atoms with E-state index in [-0.39, 0.29) is 0 Å². The molecule has 5 nitrogen and oxygen atoms in total. The smallest absolute Gasteiger partial charge is 0.221 e. The van der Waals surface area contributed by atoms with E-state index in [2.05, 4.69) is 9.88 Å². The fourth-order valence-electron chi connectivity index (χ4n) is 1.65. The van der Waals surface area contributed by atoms with Crippen LogP contribution in [-0.4, -0.2) is 27.8 Å². The molecule has 20 heavy (non-hydrogen) atoms. The third-order valence-electron chi connectivity index (χ3n) is 3.03.